The van der Waals surface area contributed by atoms with Crippen LogP contribution in [0, 0.1) is 5.41 Å². The molecule has 2 aliphatic heterocycles. The normalized spacial score (nSPS) is 20.4. The molecular formula is C19H25BF3KN2O4. The zero-order valence-corrected chi connectivity index (χ0v) is 20.9. The molecule has 0 saturated carbocycles. The summed E-state index contributed by atoms with van der Waals surface area (Å²) in [5.74, 6) is -1.65. The summed E-state index contributed by atoms with van der Waals surface area (Å²) in [5.41, 5.74) is -1.16. The first-order valence-corrected chi connectivity index (χ1v) is 9.53. The summed E-state index contributed by atoms with van der Waals surface area (Å²) in [5, 5.41) is 0. The summed E-state index contributed by atoms with van der Waals surface area (Å²) in [6, 6.07) is 8.93. The summed E-state index contributed by atoms with van der Waals surface area (Å²) in [6.45, 7) is -0.808. The van der Waals surface area contributed by atoms with Crippen LogP contribution in [0.2, 0.25) is 5.82 Å². The molecule has 30 heavy (non-hydrogen) atoms. The van der Waals surface area contributed by atoms with Crippen LogP contribution in [-0.4, -0.2) is 60.7 Å². The number of nitrogens with zero attached hydrogens (tertiary/aromatic N) is 2. The molecule has 0 radical (unpaired) electrons. The van der Waals surface area contributed by atoms with Gasteiger partial charge in [-0.2, -0.15) is 0 Å². The van der Waals surface area contributed by atoms with Crippen LogP contribution in [0.25, 0.3) is 0 Å². The summed E-state index contributed by atoms with van der Waals surface area (Å²) < 4.78 is 51.6. The molecule has 0 N–H and O–H groups in total. The first-order chi connectivity index (χ1) is 13.4. The minimum Gasteiger partial charge on any atom is -0.449 e. The van der Waals surface area contributed by atoms with E-state index in [1.54, 1.807) is 45.0 Å². The molecule has 3 rings (SSSR count). The SMILES string of the molecule is CC(C)(C)OC(=O)N1CC2(CN(C(=O)OCc3ccccc3)CC2[B-](F)(F)F)C1.[K+]. The minimum atomic E-state index is -5.18. The van der Waals surface area contributed by atoms with Crippen molar-refractivity contribution in [1.82, 2.24) is 9.80 Å². The number of ether oxygens (including phenoxy) is 2. The number of hydrogen-bond acceptors (Lipinski definition) is 4. The Morgan fingerprint density at radius 3 is 2.17 bits per heavy atom. The maximum absolute atomic E-state index is 13.7. The Kier molecular flexibility index (Phi) is 7.99. The fourth-order valence-electron chi connectivity index (χ4n) is 3.97. The van der Waals surface area contributed by atoms with Gasteiger partial charge in [-0.05, 0) is 32.2 Å². The monoisotopic (exact) mass is 452 g/mol. The summed E-state index contributed by atoms with van der Waals surface area (Å²) >= 11 is 0. The van der Waals surface area contributed by atoms with Gasteiger partial charge in [0.05, 0.1) is 0 Å². The van der Waals surface area contributed by atoms with Crippen molar-refractivity contribution < 1.29 is 83.4 Å². The molecule has 2 fully saturated rings. The van der Waals surface area contributed by atoms with Crippen LogP contribution < -0.4 is 51.4 Å². The Morgan fingerprint density at radius 1 is 1.07 bits per heavy atom. The topological polar surface area (TPSA) is 59.1 Å². The minimum absolute atomic E-state index is 0. The molecule has 0 aromatic heterocycles. The van der Waals surface area contributed by atoms with Crippen molar-refractivity contribution in [2.45, 2.75) is 38.8 Å². The van der Waals surface area contributed by atoms with Gasteiger partial charge < -0.3 is 32.2 Å². The molecule has 2 heterocycles. The van der Waals surface area contributed by atoms with E-state index in [-0.39, 0.29) is 77.6 Å². The first-order valence-electron chi connectivity index (χ1n) is 9.53. The van der Waals surface area contributed by atoms with Crippen molar-refractivity contribution in [2.24, 2.45) is 5.41 Å². The average molecular weight is 452 g/mol. The van der Waals surface area contributed by atoms with Gasteiger partial charge in [0.1, 0.15) is 12.2 Å². The molecule has 0 bridgehead atoms. The summed E-state index contributed by atoms with van der Waals surface area (Å²) in [6.07, 6.45) is -1.41. The number of likely N-dealkylation sites (tertiary alicyclic amines) is 2. The molecule has 1 spiro atoms. The number of carbonyl (C=O) groups excluding carboxylic acids is 2. The van der Waals surface area contributed by atoms with Crippen LogP contribution >= 0.6 is 0 Å². The van der Waals surface area contributed by atoms with E-state index in [4.69, 9.17) is 9.47 Å². The molecule has 11 heteroatoms. The van der Waals surface area contributed by atoms with Crippen molar-refractivity contribution in [3.63, 3.8) is 0 Å². The third-order valence-electron chi connectivity index (χ3n) is 5.29. The van der Waals surface area contributed by atoms with Gasteiger partial charge in [0.25, 0.3) is 0 Å². The van der Waals surface area contributed by atoms with Crippen LogP contribution in [0.1, 0.15) is 26.3 Å². The third-order valence-corrected chi connectivity index (χ3v) is 5.29. The van der Waals surface area contributed by atoms with E-state index in [0.717, 1.165) is 10.5 Å². The fraction of sp³-hybridized carbons (Fsp3) is 0.579. The quantitative estimate of drug-likeness (QED) is 0.645. The van der Waals surface area contributed by atoms with Crippen LogP contribution in [0.5, 0.6) is 0 Å². The predicted molar refractivity (Wildman–Crippen MR) is 101 cm³/mol. The number of carbonyl (C=O) groups is 2. The Labute approximate surface area is 216 Å². The zero-order chi connectivity index (χ0) is 21.4. The number of rotatable bonds is 3. The average Bonchev–Trinajstić information content (AvgIpc) is 2.99. The molecular weight excluding hydrogens is 427 g/mol. The molecule has 160 valence electrons. The van der Waals surface area contributed by atoms with Gasteiger partial charge in [0, 0.05) is 31.6 Å². The van der Waals surface area contributed by atoms with Crippen molar-refractivity contribution in [1.29, 1.82) is 0 Å². The second-order valence-electron chi connectivity index (χ2n) is 8.85. The molecule has 1 atom stereocenters. The number of amides is 2. The van der Waals surface area contributed by atoms with Crippen LogP contribution in [-0.2, 0) is 16.1 Å². The van der Waals surface area contributed by atoms with Crippen LogP contribution in [0.15, 0.2) is 30.3 Å². The second-order valence-corrected chi connectivity index (χ2v) is 8.85. The van der Waals surface area contributed by atoms with Crippen LogP contribution in [0.4, 0.5) is 22.5 Å². The number of halogens is 3. The van der Waals surface area contributed by atoms with Crippen LogP contribution in [0.3, 0.4) is 0 Å². The van der Waals surface area contributed by atoms with E-state index in [1.165, 1.54) is 4.90 Å². The molecule has 1 aromatic rings. The fourth-order valence-corrected chi connectivity index (χ4v) is 3.97. The third kappa shape index (κ3) is 5.94. The van der Waals surface area contributed by atoms with E-state index in [1.807, 2.05) is 6.07 Å². The van der Waals surface area contributed by atoms with Gasteiger partial charge in [-0.15, -0.1) is 0 Å². The predicted octanol–water partition coefficient (Wildman–Crippen LogP) is 1.10. The molecule has 2 amide bonds. The second kappa shape index (κ2) is 9.40. The summed E-state index contributed by atoms with van der Waals surface area (Å²) in [4.78, 5) is 26.9. The van der Waals surface area contributed by atoms with E-state index < -0.39 is 42.5 Å². The van der Waals surface area contributed by atoms with Gasteiger partial charge in [-0.25, -0.2) is 9.59 Å². The number of hydrogen-bond donors (Lipinski definition) is 0. The molecule has 0 aliphatic carbocycles. The molecule has 1 unspecified atom stereocenters. The van der Waals surface area contributed by atoms with Crippen molar-refractivity contribution >= 4 is 19.2 Å². The standard InChI is InChI=1S/C19H25BF3N2O4.K/c1-18(2,3)29-17(27)25-12-19(13-25)11-24(9-15(19)20(21,22)23)16(26)28-10-14-7-5-4-6-8-14;/h4-8,15H,9-13H2,1-3H3;/q-1;+1. The van der Waals surface area contributed by atoms with Crippen molar-refractivity contribution in [2.75, 3.05) is 26.2 Å². The Bertz CT molecular complexity index is 767. The molecule has 2 aliphatic rings. The molecule has 6 nitrogen and oxygen atoms in total. The van der Waals surface area contributed by atoms with Crippen molar-refractivity contribution in [3.05, 3.63) is 35.9 Å². The Hall–Kier alpha value is -0.749. The number of benzene rings is 1. The molecule has 1 aromatic carbocycles. The van der Waals surface area contributed by atoms with E-state index >= 15 is 0 Å². The maximum atomic E-state index is 13.7. The van der Waals surface area contributed by atoms with E-state index in [0.29, 0.717) is 0 Å². The van der Waals surface area contributed by atoms with Gasteiger partial charge in [-0.3, -0.25) is 0 Å². The smallest absolute Gasteiger partial charge is 0.449 e. The van der Waals surface area contributed by atoms with E-state index in [9.17, 15) is 22.5 Å². The zero-order valence-electron chi connectivity index (χ0n) is 17.7. The first kappa shape index (κ1) is 25.5. The van der Waals surface area contributed by atoms with Gasteiger partial charge in [0.2, 0.25) is 0 Å². The van der Waals surface area contributed by atoms with Gasteiger partial charge in [-0.1, -0.05) is 30.3 Å². The van der Waals surface area contributed by atoms with Crippen molar-refractivity contribution in [3.8, 4) is 0 Å². The van der Waals surface area contributed by atoms with Gasteiger partial charge in [0.15, 0.2) is 0 Å². The molecule has 2 saturated heterocycles. The Morgan fingerprint density at radius 2 is 1.63 bits per heavy atom. The largest absolute Gasteiger partial charge is 1.00 e. The Balaban J connectivity index is 0.00000320. The van der Waals surface area contributed by atoms with Gasteiger partial charge >= 0.3 is 70.5 Å². The summed E-state index contributed by atoms with van der Waals surface area (Å²) in [7, 11) is 0. The van der Waals surface area contributed by atoms with E-state index in [2.05, 4.69) is 0 Å². The maximum Gasteiger partial charge on any atom is 1.00 e.